The molecule has 3 aliphatic heterocycles. The molecule has 8 heteroatoms. The van der Waals surface area contributed by atoms with Gasteiger partial charge in [-0.1, -0.05) is 24.6 Å². The summed E-state index contributed by atoms with van der Waals surface area (Å²) in [5, 5.41) is 0. The lowest BCUT2D eigenvalue weighted by molar-refractivity contribution is -0.137. The Kier molecular flexibility index (Phi) is 6.41. The van der Waals surface area contributed by atoms with E-state index >= 15 is 0 Å². The molecule has 3 aliphatic rings. The zero-order chi connectivity index (χ0) is 20.3. The van der Waals surface area contributed by atoms with Gasteiger partial charge in [0.05, 0.1) is 5.92 Å². The molecule has 0 aliphatic carbocycles. The second-order valence-corrected chi connectivity index (χ2v) is 10.2. The normalized spacial score (nSPS) is 25.2. The molecule has 0 aromatic heterocycles. The van der Waals surface area contributed by atoms with Gasteiger partial charge >= 0.3 is 0 Å². The first-order valence-electron chi connectivity index (χ1n) is 10.9. The number of benzene rings is 1. The zero-order valence-electron chi connectivity index (χ0n) is 17.1. The van der Waals surface area contributed by atoms with E-state index in [2.05, 4.69) is 17.0 Å². The molecule has 1 atom stereocenters. The van der Waals surface area contributed by atoms with E-state index in [1.807, 2.05) is 23.1 Å². The Labute approximate surface area is 174 Å². The molecule has 29 heavy (non-hydrogen) atoms. The number of nitrogens with zero attached hydrogens (tertiary/aromatic N) is 4. The lowest BCUT2D eigenvalue weighted by atomic mass is 9.97. The van der Waals surface area contributed by atoms with Gasteiger partial charge in [-0.15, -0.1) is 0 Å². The highest BCUT2D eigenvalue weighted by atomic mass is 32.2. The Morgan fingerprint density at radius 1 is 0.793 bits per heavy atom. The van der Waals surface area contributed by atoms with Gasteiger partial charge in [-0.25, -0.2) is 0 Å². The summed E-state index contributed by atoms with van der Waals surface area (Å²) in [6, 6.07) is 10.3. The first kappa shape index (κ1) is 20.6. The predicted octanol–water partition coefficient (Wildman–Crippen LogP) is 1.78. The van der Waals surface area contributed by atoms with E-state index in [0.717, 1.165) is 45.2 Å². The van der Waals surface area contributed by atoms with Crippen molar-refractivity contribution in [1.82, 2.24) is 13.5 Å². The van der Waals surface area contributed by atoms with Gasteiger partial charge in [-0.05, 0) is 37.8 Å². The van der Waals surface area contributed by atoms with Crippen molar-refractivity contribution in [2.24, 2.45) is 5.92 Å². The molecule has 0 bridgehead atoms. The number of amides is 1. The average molecular weight is 421 g/mol. The molecule has 0 radical (unpaired) electrons. The number of rotatable bonds is 4. The number of piperazine rings is 1. The van der Waals surface area contributed by atoms with Gasteiger partial charge in [0.2, 0.25) is 5.91 Å². The van der Waals surface area contributed by atoms with Crippen molar-refractivity contribution in [1.29, 1.82) is 0 Å². The van der Waals surface area contributed by atoms with E-state index < -0.39 is 10.2 Å². The number of carbonyl (C=O) groups is 1. The minimum atomic E-state index is -3.44. The molecule has 4 rings (SSSR count). The second-order valence-electron chi connectivity index (χ2n) is 8.31. The summed E-state index contributed by atoms with van der Waals surface area (Å²) >= 11 is 0. The minimum Gasteiger partial charge on any atom is -0.368 e. The summed E-state index contributed by atoms with van der Waals surface area (Å²) < 4.78 is 29.2. The van der Waals surface area contributed by atoms with Crippen LogP contribution >= 0.6 is 0 Å². The summed E-state index contributed by atoms with van der Waals surface area (Å²) in [5.41, 5.74) is 1.19. The van der Waals surface area contributed by atoms with E-state index in [1.165, 1.54) is 5.69 Å². The third-order valence-electron chi connectivity index (χ3n) is 6.41. The van der Waals surface area contributed by atoms with Crippen LogP contribution in [-0.4, -0.2) is 80.2 Å². The smallest absolute Gasteiger partial charge is 0.281 e. The first-order valence-corrected chi connectivity index (χ1v) is 12.3. The van der Waals surface area contributed by atoms with Gasteiger partial charge in [-0.2, -0.15) is 17.0 Å². The van der Waals surface area contributed by atoms with E-state index in [-0.39, 0.29) is 11.8 Å². The van der Waals surface area contributed by atoms with Gasteiger partial charge in [0.15, 0.2) is 0 Å². The van der Waals surface area contributed by atoms with Crippen molar-refractivity contribution < 1.29 is 13.2 Å². The maximum absolute atomic E-state index is 13.1. The van der Waals surface area contributed by atoms with E-state index in [9.17, 15) is 13.2 Å². The van der Waals surface area contributed by atoms with Crippen LogP contribution in [0.1, 0.15) is 32.1 Å². The standard InChI is InChI=1S/C21H32N4O3S/c26-21(23-16-14-22(15-17-23)20-9-3-1-4-10-20)19-8-7-13-25(18-19)29(27,28)24-11-5-2-6-12-24/h1,3-4,9-10,19H,2,5-8,11-18H2/t19-/m1/s1. The van der Waals surface area contributed by atoms with Crippen LogP contribution in [0.15, 0.2) is 30.3 Å². The van der Waals surface area contributed by atoms with Crippen LogP contribution in [0.4, 0.5) is 5.69 Å². The Morgan fingerprint density at radius 2 is 1.45 bits per heavy atom. The van der Waals surface area contributed by atoms with Crippen molar-refractivity contribution in [3.63, 3.8) is 0 Å². The number of hydrogen-bond donors (Lipinski definition) is 0. The summed E-state index contributed by atoms with van der Waals surface area (Å²) in [6.07, 6.45) is 4.50. The largest absolute Gasteiger partial charge is 0.368 e. The molecule has 3 fully saturated rings. The third kappa shape index (κ3) is 4.59. The SMILES string of the molecule is O=C([C@@H]1CCCN(S(=O)(=O)N2CCCCC2)C1)N1CCN(c2ccccc2)CC1. The number of carbonyl (C=O) groups excluding carboxylic acids is 1. The highest BCUT2D eigenvalue weighted by Gasteiger charge is 2.38. The molecular formula is C21H32N4O3S. The topological polar surface area (TPSA) is 64.2 Å². The monoisotopic (exact) mass is 420 g/mol. The van der Waals surface area contributed by atoms with Crippen LogP contribution in [-0.2, 0) is 15.0 Å². The van der Waals surface area contributed by atoms with Gasteiger partial charge in [0.25, 0.3) is 10.2 Å². The van der Waals surface area contributed by atoms with Gasteiger partial charge < -0.3 is 9.80 Å². The molecule has 1 aromatic rings. The lowest BCUT2D eigenvalue weighted by Crippen LogP contribution is -2.54. The highest BCUT2D eigenvalue weighted by molar-refractivity contribution is 7.86. The molecule has 0 saturated carbocycles. The molecule has 1 aromatic carbocycles. The Hall–Kier alpha value is -1.64. The van der Waals surface area contributed by atoms with E-state index in [4.69, 9.17) is 0 Å². The molecule has 7 nitrogen and oxygen atoms in total. The van der Waals surface area contributed by atoms with Crippen LogP contribution in [0.25, 0.3) is 0 Å². The van der Waals surface area contributed by atoms with Gasteiger partial charge in [0, 0.05) is 58.0 Å². The molecule has 0 N–H and O–H groups in total. The molecule has 0 unspecified atom stereocenters. The summed E-state index contributed by atoms with van der Waals surface area (Å²) in [6.45, 7) is 5.11. The molecule has 3 heterocycles. The molecule has 3 saturated heterocycles. The maximum atomic E-state index is 13.1. The maximum Gasteiger partial charge on any atom is 0.281 e. The van der Waals surface area contributed by atoms with Crippen LogP contribution in [0.3, 0.4) is 0 Å². The quantitative estimate of drug-likeness (QED) is 0.745. The van der Waals surface area contributed by atoms with Crippen molar-refractivity contribution >= 4 is 21.8 Å². The van der Waals surface area contributed by atoms with Crippen molar-refractivity contribution in [2.75, 3.05) is 57.3 Å². The van der Waals surface area contributed by atoms with E-state index in [0.29, 0.717) is 39.3 Å². The van der Waals surface area contributed by atoms with Crippen molar-refractivity contribution in [3.8, 4) is 0 Å². The fourth-order valence-electron chi connectivity index (χ4n) is 4.69. The Balaban J connectivity index is 1.34. The van der Waals surface area contributed by atoms with Crippen LogP contribution < -0.4 is 4.90 Å². The van der Waals surface area contributed by atoms with Crippen LogP contribution in [0, 0.1) is 5.92 Å². The molecule has 160 valence electrons. The van der Waals surface area contributed by atoms with Gasteiger partial charge in [0.1, 0.15) is 0 Å². The van der Waals surface area contributed by atoms with Crippen molar-refractivity contribution in [3.05, 3.63) is 30.3 Å². The van der Waals surface area contributed by atoms with Crippen LogP contribution in [0.5, 0.6) is 0 Å². The molecule has 1 amide bonds. The van der Waals surface area contributed by atoms with Gasteiger partial charge in [-0.3, -0.25) is 4.79 Å². The minimum absolute atomic E-state index is 0.122. The summed E-state index contributed by atoms with van der Waals surface area (Å²) in [4.78, 5) is 17.4. The number of anilines is 1. The lowest BCUT2D eigenvalue weighted by Gasteiger charge is -2.40. The number of hydrogen-bond acceptors (Lipinski definition) is 4. The molecule has 0 spiro atoms. The Morgan fingerprint density at radius 3 is 2.14 bits per heavy atom. The fraction of sp³-hybridized carbons (Fsp3) is 0.667. The predicted molar refractivity (Wildman–Crippen MR) is 114 cm³/mol. The summed E-state index contributed by atoms with van der Waals surface area (Å²) in [5.74, 6) is -0.0946. The molecular weight excluding hydrogens is 388 g/mol. The second kappa shape index (κ2) is 9.02. The average Bonchev–Trinajstić information content (AvgIpc) is 2.80. The van der Waals surface area contributed by atoms with Crippen molar-refractivity contribution in [2.45, 2.75) is 32.1 Å². The number of piperidine rings is 2. The zero-order valence-corrected chi connectivity index (χ0v) is 17.9. The van der Waals surface area contributed by atoms with E-state index in [1.54, 1.807) is 8.61 Å². The summed E-state index contributed by atoms with van der Waals surface area (Å²) in [7, 11) is -3.44. The number of para-hydroxylation sites is 1. The van der Waals surface area contributed by atoms with Crippen LogP contribution in [0.2, 0.25) is 0 Å². The fourth-order valence-corrected chi connectivity index (χ4v) is 6.47. The first-order chi connectivity index (χ1) is 14.1. The Bertz CT molecular complexity index is 787. The third-order valence-corrected chi connectivity index (χ3v) is 8.42. The highest BCUT2D eigenvalue weighted by Crippen LogP contribution is 2.25.